The van der Waals surface area contributed by atoms with Gasteiger partial charge in [0.2, 0.25) is 0 Å². The molecule has 1 aliphatic carbocycles. The summed E-state index contributed by atoms with van der Waals surface area (Å²) in [5.74, 6) is 0. The minimum absolute atomic E-state index is 1.10. The van der Waals surface area contributed by atoms with Gasteiger partial charge in [-0.1, -0.05) is 30.3 Å². The largest absolute Gasteiger partial charge is 0.265 e. The molecule has 0 aliphatic heterocycles. The Morgan fingerprint density at radius 3 is 2.65 bits per heavy atom. The van der Waals surface area contributed by atoms with Crippen LogP contribution in [0, 0.1) is 0 Å². The second-order valence-electron chi connectivity index (χ2n) is 4.45. The van der Waals surface area contributed by atoms with Crippen molar-refractivity contribution in [3.63, 3.8) is 0 Å². The Kier molecular flexibility index (Phi) is 2.74. The first-order valence-corrected chi connectivity index (χ1v) is 6.10. The number of allylic oxidation sites excluding steroid dienone is 2. The predicted molar refractivity (Wildman–Crippen MR) is 70.7 cm³/mol. The third kappa shape index (κ3) is 2.14. The summed E-state index contributed by atoms with van der Waals surface area (Å²) in [6, 6.07) is 12.9. The molecule has 0 amide bonds. The van der Waals surface area contributed by atoms with Crippen LogP contribution in [0.5, 0.6) is 0 Å². The van der Waals surface area contributed by atoms with Crippen molar-refractivity contribution in [2.45, 2.75) is 19.3 Å². The molecule has 0 N–H and O–H groups in total. The molecule has 1 aromatic heterocycles. The van der Waals surface area contributed by atoms with Crippen LogP contribution in [0.15, 0.2) is 54.9 Å². The average Bonchev–Trinajstić information content (AvgIpc) is 2.81. The van der Waals surface area contributed by atoms with E-state index in [9.17, 15) is 0 Å². The lowest BCUT2D eigenvalue weighted by Crippen LogP contribution is -1.89. The highest BCUT2D eigenvalue weighted by Crippen LogP contribution is 2.30. The number of hydrogen-bond acceptors (Lipinski definition) is 1. The van der Waals surface area contributed by atoms with E-state index in [4.69, 9.17) is 0 Å². The molecule has 1 nitrogen and oxygen atoms in total. The topological polar surface area (TPSA) is 12.9 Å². The fourth-order valence-electron chi connectivity index (χ4n) is 2.42. The molecule has 0 atom stereocenters. The summed E-state index contributed by atoms with van der Waals surface area (Å²) in [6.45, 7) is 0. The van der Waals surface area contributed by atoms with Crippen molar-refractivity contribution >= 4 is 5.57 Å². The Labute approximate surface area is 102 Å². The van der Waals surface area contributed by atoms with E-state index in [-0.39, 0.29) is 0 Å². The molecule has 0 radical (unpaired) electrons. The minimum atomic E-state index is 1.10. The van der Waals surface area contributed by atoms with Crippen LogP contribution in [-0.2, 0) is 12.8 Å². The van der Waals surface area contributed by atoms with Gasteiger partial charge in [0.25, 0.3) is 0 Å². The van der Waals surface area contributed by atoms with Crippen LogP contribution in [-0.4, -0.2) is 4.98 Å². The van der Waals surface area contributed by atoms with Crippen LogP contribution in [0.25, 0.3) is 5.57 Å². The fraction of sp³-hybridized carbons (Fsp3) is 0.188. The third-order valence-corrected chi connectivity index (χ3v) is 3.36. The first-order valence-electron chi connectivity index (χ1n) is 6.10. The molecule has 0 bridgehead atoms. The molecule has 84 valence electrons. The van der Waals surface area contributed by atoms with Gasteiger partial charge in [-0.2, -0.15) is 0 Å². The summed E-state index contributed by atoms with van der Waals surface area (Å²) >= 11 is 0. The lowest BCUT2D eigenvalue weighted by Gasteiger charge is -2.05. The molecule has 1 heteroatoms. The average molecular weight is 221 g/mol. The maximum atomic E-state index is 4.05. The van der Waals surface area contributed by atoms with Crippen LogP contribution in [0.1, 0.15) is 23.1 Å². The van der Waals surface area contributed by atoms with E-state index in [1.165, 1.54) is 22.3 Å². The van der Waals surface area contributed by atoms with Crippen molar-refractivity contribution < 1.29 is 0 Å². The number of aryl methyl sites for hydroxylation is 1. The van der Waals surface area contributed by atoms with Gasteiger partial charge in [-0.15, -0.1) is 0 Å². The number of hydrogen-bond donors (Lipinski definition) is 0. The monoisotopic (exact) mass is 221 g/mol. The molecular weight excluding hydrogens is 206 g/mol. The third-order valence-electron chi connectivity index (χ3n) is 3.36. The van der Waals surface area contributed by atoms with Crippen molar-refractivity contribution in [2.24, 2.45) is 0 Å². The lowest BCUT2D eigenvalue weighted by molar-refractivity contribution is 1.01. The van der Waals surface area contributed by atoms with E-state index in [0.717, 1.165) is 19.3 Å². The first-order chi connectivity index (χ1) is 8.43. The van der Waals surface area contributed by atoms with E-state index in [0.29, 0.717) is 0 Å². The normalized spacial score (nSPS) is 13.3. The number of fused-ring (bicyclic) bond motifs is 1. The molecule has 2 aromatic rings. The molecule has 1 aliphatic rings. The highest BCUT2D eigenvalue weighted by Gasteiger charge is 2.12. The van der Waals surface area contributed by atoms with E-state index in [1.807, 2.05) is 12.4 Å². The van der Waals surface area contributed by atoms with Crippen molar-refractivity contribution in [2.75, 3.05) is 0 Å². The van der Waals surface area contributed by atoms with Gasteiger partial charge in [0, 0.05) is 12.4 Å². The highest BCUT2D eigenvalue weighted by molar-refractivity contribution is 5.73. The Bertz CT molecular complexity index is 540. The highest BCUT2D eigenvalue weighted by atomic mass is 14.6. The smallest absolute Gasteiger partial charge is 0.0270 e. The molecule has 0 unspecified atom stereocenters. The van der Waals surface area contributed by atoms with Crippen LogP contribution < -0.4 is 0 Å². The molecule has 0 spiro atoms. The standard InChI is InChI=1S/C16H15N/c1-2-4-16-14(3-1)7-8-15(16)6-5-13-9-11-17-12-10-13/h1-4,8-12H,5-7H2. The zero-order valence-electron chi connectivity index (χ0n) is 9.76. The number of rotatable bonds is 3. The Balaban J connectivity index is 1.72. The Morgan fingerprint density at radius 1 is 0.941 bits per heavy atom. The quantitative estimate of drug-likeness (QED) is 0.771. The van der Waals surface area contributed by atoms with Crippen molar-refractivity contribution in [3.05, 3.63) is 71.6 Å². The maximum absolute atomic E-state index is 4.05. The Morgan fingerprint density at radius 2 is 1.76 bits per heavy atom. The van der Waals surface area contributed by atoms with Gasteiger partial charge in [0.15, 0.2) is 0 Å². The minimum Gasteiger partial charge on any atom is -0.265 e. The number of aromatic nitrogens is 1. The van der Waals surface area contributed by atoms with Crippen LogP contribution in [0.3, 0.4) is 0 Å². The van der Waals surface area contributed by atoms with Crippen molar-refractivity contribution in [1.82, 2.24) is 4.98 Å². The van der Waals surface area contributed by atoms with Crippen LogP contribution >= 0.6 is 0 Å². The lowest BCUT2D eigenvalue weighted by atomic mass is 10.00. The molecule has 1 aromatic carbocycles. The van der Waals surface area contributed by atoms with Gasteiger partial charge in [-0.05, 0) is 53.7 Å². The summed E-state index contributed by atoms with van der Waals surface area (Å²) < 4.78 is 0. The van der Waals surface area contributed by atoms with Gasteiger partial charge in [-0.25, -0.2) is 0 Å². The van der Waals surface area contributed by atoms with Gasteiger partial charge in [0.1, 0.15) is 0 Å². The van der Waals surface area contributed by atoms with E-state index < -0.39 is 0 Å². The SMILES string of the molecule is C1=C(CCc2ccncc2)c2ccccc2C1. The van der Waals surface area contributed by atoms with Gasteiger partial charge in [0.05, 0.1) is 0 Å². The number of nitrogens with zero attached hydrogens (tertiary/aromatic N) is 1. The fourth-order valence-corrected chi connectivity index (χ4v) is 2.42. The molecule has 17 heavy (non-hydrogen) atoms. The Hall–Kier alpha value is -1.89. The zero-order chi connectivity index (χ0) is 11.5. The molecular formula is C16H15N. The summed E-state index contributed by atoms with van der Waals surface area (Å²) in [5.41, 5.74) is 5.78. The molecule has 3 rings (SSSR count). The summed E-state index contributed by atoms with van der Waals surface area (Å²) in [4.78, 5) is 4.05. The summed E-state index contributed by atoms with van der Waals surface area (Å²) in [5, 5.41) is 0. The van der Waals surface area contributed by atoms with E-state index >= 15 is 0 Å². The van der Waals surface area contributed by atoms with Crippen LogP contribution in [0.4, 0.5) is 0 Å². The summed E-state index contributed by atoms with van der Waals surface area (Å²) in [6.07, 6.45) is 9.43. The van der Waals surface area contributed by atoms with E-state index in [1.54, 1.807) is 0 Å². The second kappa shape index (κ2) is 4.54. The zero-order valence-corrected chi connectivity index (χ0v) is 9.76. The van der Waals surface area contributed by atoms with E-state index in [2.05, 4.69) is 47.5 Å². The first kappa shape index (κ1) is 10.3. The van der Waals surface area contributed by atoms with Gasteiger partial charge in [-0.3, -0.25) is 4.98 Å². The maximum Gasteiger partial charge on any atom is 0.0270 e. The molecule has 0 saturated carbocycles. The number of pyridine rings is 1. The number of benzene rings is 1. The van der Waals surface area contributed by atoms with Crippen molar-refractivity contribution in [3.8, 4) is 0 Å². The molecule has 1 heterocycles. The molecule has 0 saturated heterocycles. The predicted octanol–water partition coefficient (Wildman–Crippen LogP) is 3.65. The van der Waals surface area contributed by atoms with Gasteiger partial charge < -0.3 is 0 Å². The van der Waals surface area contributed by atoms with Gasteiger partial charge >= 0.3 is 0 Å². The van der Waals surface area contributed by atoms with Crippen LogP contribution in [0.2, 0.25) is 0 Å². The second-order valence-corrected chi connectivity index (χ2v) is 4.45. The molecule has 0 fully saturated rings. The summed E-state index contributed by atoms with van der Waals surface area (Å²) in [7, 11) is 0. The van der Waals surface area contributed by atoms with Crippen molar-refractivity contribution in [1.29, 1.82) is 0 Å².